The number of nitrogens with zero attached hydrogens (tertiary/aromatic N) is 7. The van der Waals surface area contributed by atoms with Crippen LogP contribution in [0.5, 0.6) is 0 Å². The monoisotopic (exact) mass is 1340 g/mol. The maximum atomic E-state index is 15.3. The summed E-state index contributed by atoms with van der Waals surface area (Å²) in [5.74, 6) is -21.4. The van der Waals surface area contributed by atoms with Crippen LogP contribution in [0.3, 0.4) is 0 Å². The van der Waals surface area contributed by atoms with Gasteiger partial charge < -0.3 is 55.6 Å². The summed E-state index contributed by atoms with van der Waals surface area (Å²) in [6, 6.07) is 4.00. The molecule has 3 aromatic rings. The molecular formula is C66H91ClF5N11O11. The maximum absolute atomic E-state index is 15.3. The smallest absolute Gasteiger partial charge is 0.246 e. The quantitative estimate of drug-likeness (QED) is 0.104. The molecule has 1 aliphatic rings. The van der Waals surface area contributed by atoms with Gasteiger partial charge in [-0.05, 0) is 80.5 Å². The Kier molecular flexibility index (Phi) is 29.4. The molecule has 3 aromatic carbocycles. The van der Waals surface area contributed by atoms with Crippen LogP contribution in [-0.4, -0.2) is 217 Å². The van der Waals surface area contributed by atoms with Crippen molar-refractivity contribution in [2.75, 3.05) is 69.0 Å². The summed E-state index contributed by atoms with van der Waals surface area (Å²) >= 11 is 6.17. The van der Waals surface area contributed by atoms with Gasteiger partial charge in [-0.2, -0.15) is 0 Å². The maximum Gasteiger partial charge on any atom is 0.246 e. The van der Waals surface area contributed by atoms with Crippen LogP contribution in [0, 0.1) is 46.8 Å². The van der Waals surface area contributed by atoms with E-state index in [1.54, 1.807) is 77.1 Å². The number of carbonyl (C=O) groups excluding carboxylic acids is 11. The number of benzene rings is 3. The molecule has 1 saturated heterocycles. The molecule has 4 rings (SSSR count). The number of likely N-dealkylation sites (N-methyl/N-ethyl adjacent to an activating group) is 7. The molecule has 0 saturated carbocycles. The molecule has 1 heterocycles. The Labute approximate surface area is 551 Å². The van der Waals surface area contributed by atoms with E-state index in [0.29, 0.717) is 22.6 Å². The number of amides is 11. The minimum absolute atomic E-state index is 0.0898. The molecule has 94 heavy (non-hydrogen) atoms. The van der Waals surface area contributed by atoms with Gasteiger partial charge in [-0.15, -0.1) is 0 Å². The number of carbonyl (C=O) groups is 11. The van der Waals surface area contributed by atoms with E-state index in [4.69, 9.17) is 11.6 Å². The summed E-state index contributed by atoms with van der Waals surface area (Å²) in [5.41, 5.74) is -0.276. The molecule has 0 bridgehead atoms. The van der Waals surface area contributed by atoms with Gasteiger partial charge in [0, 0.05) is 85.2 Å². The number of nitrogens with one attached hydrogen (secondary N) is 4. The summed E-state index contributed by atoms with van der Waals surface area (Å²) in [5, 5.41) is 10.9. The molecule has 9 atom stereocenters. The molecule has 1 aliphatic heterocycles. The predicted molar refractivity (Wildman–Crippen MR) is 341 cm³/mol. The van der Waals surface area contributed by atoms with Crippen molar-refractivity contribution in [3.63, 3.8) is 0 Å². The number of hydrogen-bond donors (Lipinski definition) is 4. The lowest BCUT2D eigenvalue weighted by Crippen LogP contribution is -2.60. The zero-order chi connectivity index (χ0) is 70.9. The topological polar surface area (TPSA) is 259 Å². The van der Waals surface area contributed by atoms with E-state index in [1.165, 1.54) is 73.3 Å². The molecule has 1 fully saturated rings. The van der Waals surface area contributed by atoms with Gasteiger partial charge in [0.15, 0.2) is 23.3 Å². The molecular weight excluding hydrogens is 1250 g/mol. The third-order valence-electron chi connectivity index (χ3n) is 16.9. The van der Waals surface area contributed by atoms with Gasteiger partial charge in [-0.1, -0.05) is 102 Å². The average Bonchev–Trinajstić information content (AvgIpc) is 0.815. The fourth-order valence-electron chi connectivity index (χ4n) is 10.7. The van der Waals surface area contributed by atoms with Crippen molar-refractivity contribution >= 4 is 76.6 Å². The lowest BCUT2D eigenvalue weighted by atomic mass is 9.97. The third-order valence-corrected chi connectivity index (χ3v) is 17.2. The van der Waals surface area contributed by atoms with Crippen molar-refractivity contribution in [3.8, 4) is 0 Å². The van der Waals surface area contributed by atoms with Crippen LogP contribution in [0.2, 0.25) is 5.02 Å². The van der Waals surface area contributed by atoms with Gasteiger partial charge in [0.2, 0.25) is 70.8 Å². The fourth-order valence-corrected chi connectivity index (χ4v) is 10.8. The third kappa shape index (κ3) is 21.1. The van der Waals surface area contributed by atoms with Crippen molar-refractivity contribution in [1.29, 1.82) is 0 Å². The largest absolute Gasteiger partial charge is 0.351 e. The van der Waals surface area contributed by atoms with Crippen LogP contribution in [0.15, 0.2) is 54.6 Å². The second-order valence-electron chi connectivity index (χ2n) is 25.3. The van der Waals surface area contributed by atoms with E-state index in [1.807, 2.05) is 13.8 Å². The highest BCUT2D eigenvalue weighted by molar-refractivity contribution is 6.30. The van der Waals surface area contributed by atoms with E-state index < -0.39 is 192 Å². The highest BCUT2D eigenvalue weighted by Crippen LogP contribution is 2.26. The molecule has 11 amide bonds. The van der Waals surface area contributed by atoms with E-state index in [0.717, 1.165) is 29.4 Å². The van der Waals surface area contributed by atoms with Gasteiger partial charge in [-0.25, -0.2) is 22.0 Å². The van der Waals surface area contributed by atoms with Crippen LogP contribution in [0.25, 0.3) is 0 Å². The Balaban J connectivity index is 1.89. The van der Waals surface area contributed by atoms with Crippen LogP contribution >= 0.6 is 11.6 Å². The van der Waals surface area contributed by atoms with Gasteiger partial charge in [0.25, 0.3) is 0 Å². The van der Waals surface area contributed by atoms with Gasteiger partial charge in [-0.3, -0.25) is 52.7 Å². The lowest BCUT2D eigenvalue weighted by molar-refractivity contribution is -0.149. The number of halogens is 6. The van der Waals surface area contributed by atoms with Crippen LogP contribution in [0.1, 0.15) is 104 Å². The molecule has 0 radical (unpaired) electrons. The Morgan fingerprint density at radius 1 is 0.489 bits per heavy atom. The Morgan fingerprint density at radius 2 is 1.00 bits per heavy atom. The molecule has 0 aromatic heterocycles. The Hall–Kier alpha value is -8.23. The second-order valence-corrected chi connectivity index (χ2v) is 25.7. The van der Waals surface area contributed by atoms with Crippen LogP contribution in [0.4, 0.5) is 22.0 Å². The van der Waals surface area contributed by atoms with E-state index in [2.05, 4.69) is 21.3 Å². The van der Waals surface area contributed by atoms with Crippen molar-refractivity contribution in [2.24, 2.45) is 17.8 Å². The van der Waals surface area contributed by atoms with Crippen molar-refractivity contribution in [1.82, 2.24) is 55.6 Å². The molecule has 22 nitrogen and oxygen atoms in total. The first-order valence-corrected chi connectivity index (χ1v) is 31.6. The molecule has 0 aliphatic carbocycles. The number of hydrogen-bond acceptors (Lipinski definition) is 11. The zero-order valence-electron chi connectivity index (χ0n) is 56.2. The lowest BCUT2D eigenvalue weighted by Gasteiger charge is -2.37. The highest BCUT2D eigenvalue weighted by Gasteiger charge is 2.41. The summed E-state index contributed by atoms with van der Waals surface area (Å²) in [6.45, 7) is 11.4. The van der Waals surface area contributed by atoms with Crippen LogP contribution < -0.4 is 21.3 Å². The Morgan fingerprint density at radius 3 is 1.55 bits per heavy atom. The van der Waals surface area contributed by atoms with Crippen molar-refractivity contribution < 1.29 is 74.7 Å². The first kappa shape index (κ1) is 78.2. The SMILES string of the molecule is CC[C@H](C)[C@@H]1NC(=O)[C@H](C)N(C)C(=O)C[C@@H](C)NC(=O)[C@H](CC(C)C)N(C)C(=O)[C@@H](Cc2ccccc2)N(C)C(=O)[C@H](CC(C)C)NC(=O)[C@H](CCc2c(F)c(F)c(F)c(F)c2F)NC(=O)CN(C)C(=O)[C@H](Cc2ccc(Cl)cc2)N(C)C(=O)CN(C)C(=O)CN(C)C1=O. The zero-order valence-corrected chi connectivity index (χ0v) is 57.0. The average molecular weight is 1340 g/mol. The molecule has 4 N–H and O–H groups in total. The molecule has 0 spiro atoms. The second kappa shape index (κ2) is 35.3. The van der Waals surface area contributed by atoms with Crippen molar-refractivity contribution in [3.05, 3.63) is 105 Å². The molecule has 0 unspecified atom stereocenters. The Bertz CT molecular complexity index is 3190. The summed E-state index contributed by atoms with van der Waals surface area (Å²) in [4.78, 5) is 166. The van der Waals surface area contributed by atoms with Crippen molar-refractivity contribution in [2.45, 2.75) is 155 Å². The highest BCUT2D eigenvalue weighted by atomic mass is 35.5. The minimum atomic E-state index is -2.44. The molecule has 518 valence electrons. The number of rotatable bonds is 13. The summed E-state index contributed by atoms with van der Waals surface area (Å²) in [7, 11) is 9.12. The van der Waals surface area contributed by atoms with E-state index in [-0.39, 0.29) is 38.0 Å². The normalized spacial score (nSPS) is 23.2. The van der Waals surface area contributed by atoms with Gasteiger partial charge >= 0.3 is 0 Å². The first-order valence-electron chi connectivity index (χ1n) is 31.2. The standard InChI is InChI=1S/C66H91ClF5N11O11/c1-16-38(6)59-66(94)79(11)34-52(86)77(9)35-53(87)81(13)48(32-42-22-24-43(67)25-23-42)64(92)78(10)33-50(84)74-45(27-26-44-54(68)56(70)58(72)57(71)55(44)69)61(89)75-46(28-36(2)3)63(91)83(15)49(31-41-20-18-17-19-21-41)65(93)82(14)47(29-37(4)5)62(90)73-39(7)30-51(85)80(12)40(8)60(88)76-59/h17-25,36-40,45-49,59H,16,26-35H2,1-15H3,(H,73,90)(H,74,84)(H,75,89)(H,76,88)/t38-,39+,40-,45-,46-,47-,48-,49+,59-/m0/s1. The first-order chi connectivity index (χ1) is 43.9. The van der Waals surface area contributed by atoms with E-state index >= 15 is 18.4 Å². The van der Waals surface area contributed by atoms with Gasteiger partial charge in [0.05, 0.1) is 19.6 Å². The van der Waals surface area contributed by atoms with E-state index in [9.17, 15) is 56.3 Å². The fraction of sp³-hybridized carbons (Fsp3) is 0.561. The predicted octanol–water partition coefficient (Wildman–Crippen LogP) is 4.66. The van der Waals surface area contributed by atoms with Crippen LogP contribution in [-0.2, 0) is 72.0 Å². The summed E-state index contributed by atoms with van der Waals surface area (Å²) < 4.78 is 74.0. The van der Waals surface area contributed by atoms with Gasteiger partial charge in [0.1, 0.15) is 42.3 Å². The summed E-state index contributed by atoms with van der Waals surface area (Å²) in [6.07, 6.45) is -2.24. The minimum Gasteiger partial charge on any atom is -0.351 e. The molecule has 28 heteroatoms.